The third-order valence-corrected chi connectivity index (χ3v) is 9.00. The van der Waals surface area contributed by atoms with Crippen LogP contribution < -0.4 is 5.32 Å². The Hall–Kier alpha value is -2.45. The number of hydrogen-bond acceptors (Lipinski definition) is 5. The first-order valence-corrected chi connectivity index (χ1v) is 12.6. The molecule has 4 rings (SSSR count). The Morgan fingerprint density at radius 3 is 2.69 bits per heavy atom. The second-order valence-electron chi connectivity index (χ2n) is 9.10. The largest absolute Gasteiger partial charge is 0.508 e. The van der Waals surface area contributed by atoms with Crippen LogP contribution in [0.5, 0.6) is 5.75 Å². The van der Waals surface area contributed by atoms with E-state index in [1.165, 1.54) is 17.7 Å². The monoisotopic (exact) mass is 460 g/mol. The smallest absolute Gasteiger partial charge is 0.235 e. The lowest BCUT2D eigenvalue weighted by atomic mass is 9.56. The highest BCUT2D eigenvalue weighted by Gasteiger charge is 2.50. The van der Waals surface area contributed by atoms with Gasteiger partial charge in [0.25, 0.3) is 0 Å². The fourth-order valence-corrected chi connectivity index (χ4v) is 6.69. The zero-order valence-electron chi connectivity index (χ0n) is 18.3. The number of likely N-dealkylation sites (N-methyl/N-ethyl adjacent to an activating group) is 1. The highest BCUT2D eigenvalue weighted by atomic mass is 32.2. The number of piperidine rings is 1. The van der Waals surface area contributed by atoms with Gasteiger partial charge in [-0.25, -0.2) is 12.8 Å². The minimum Gasteiger partial charge on any atom is -0.508 e. The van der Waals surface area contributed by atoms with Gasteiger partial charge in [0.2, 0.25) is 5.91 Å². The lowest BCUT2D eigenvalue weighted by molar-refractivity contribution is -0.118. The molecule has 2 aromatic rings. The zero-order chi connectivity index (χ0) is 23.1. The second kappa shape index (κ2) is 8.48. The normalized spacial score (nSPS) is 25.2. The Balaban J connectivity index is 1.47. The van der Waals surface area contributed by atoms with Crippen LogP contribution in [-0.4, -0.2) is 56.3 Å². The number of carbonyl (C=O) groups excluding carboxylic acids is 1. The molecular weight excluding hydrogens is 431 g/mol. The molecule has 0 radical (unpaired) electrons. The molecule has 1 aliphatic heterocycles. The van der Waals surface area contributed by atoms with E-state index in [1.807, 2.05) is 12.1 Å². The molecule has 0 unspecified atom stereocenters. The Morgan fingerprint density at radius 1 is 1.25 bits per heavy atom. The predicted octanol–water partition coefficient (Wildman–Crippen LogP) is 2.65. The van der Waals surface area contributed by atoms with Crippen LogP contribution in [0.1, 0.15) is 30.9 Å². The number of nitrogens with one attached hydrogen (secondary N) is 1. The molecule has 0 spiro atoms. The van der Waals surface area contributed by atoms with Gasteiger partial charge in [0.15, 0.2) is 9.84 Å². The highest BCUT2D eigenvalue weighted by Crippen LogP contribution is 2.51. The van der Waals surface area contributed by atoms with E-state index in [-0.39, 0.29) is 16.1 Å². The summed E-state index contributed by atoms with van der Waals surface area (Å²) < 4.78 is 38.0. The Kier molecular flexibility index (Phi) is 6.02. The number of likely N-dealkylation sites (tertiary alicyclic amines) is 1. The molecule has 2 aromatic carbocycles. The summed E-state index contributed by atoms with van der Waals surface area (Å²) in [6.07, 6.45) is 2.50. The van der Waals surface area contributed by atoms with Crippen molar-refractivity contribution in [3.05, 3.63) is 59.4 Å². The van der Waals surface area contributed by atoms with Gasteiger partial charge in [0.05, 0.1) is 4.90 Å². The number of phenolic OH excluding ortho intramolecular Hbond substituents is 1. The average Bonchev–Trinajstić information content (AvgIpc) is 2.73. The quantitative estimate of drug-likeness (QED) is 0.648. The van der Waals surface area contributed by atoms with E-state index in [2.05, 4.69) is 24.2 Å². The standard InChI is InChI=1S/C24H29FN2O4S/c1-16-22-13-17-3-6-19(28)14-21(17)24(16,10-12-27(22)2)9-11-26-23(29)15-32(30,31)20-7-4-18(25)5-8-20/h3-8,14,16,22,28H,9-13,15H2,1-2H3,(H,26,29)/t16-,22+,24+/m0/s1. The first-order valence-electron chi connectivity index (χ1n) is 10.9. The van der Waals surface area contributed by atoms with Crippen molar-refractivity contribution in [2.24, 2.45) is 5.92 Å². The highest BCUT2D eigenvalue weighted by molar-refractivity contribution is 7.92. The van der Waals surface area contributed by atoms with E-state index in [1.54, 1.807) is 6.07 Å². The summed E-state index contributed by atoms with van der Waals surface area (Å²) in [7, 11) is -1.70. The van der Waals surface area contributed by atoms with Crippen LogP contribution in [0.4, 0.5) is 4.39 Å². The van der Waals surface area contributed by atoms with Gasteiger partial charge in [0.1, 0.15) is 17.3 Å². The maximum atomic E-state index is 13.1. The molecule has 8 heteroatoms. The van der Waals surface area contributed by atoms with Gasteiger partial charge >= 0.3 is 0 Å². The molecule has 3 atom stereocenters. The van der Waals surface area contributed by atoms with Crippen molar-refractivity contribution in [2.75, 3.05) is 25.9 Å². The van der Waals surface area contributed by atoms with Crippen LogP contribution in [0, 0.1) is 11.7 Å². The molecule has 0 saturated carbocycles. The number of amides is 1. The summed E-state index contributed by atoms with van der Waals surface area (Å²) in [5, 5.41) is 12.9. The van der Waals surface area contributed by atoms with Gasteiger partial charge in [-0.3, -0.25) is 4.79 Å². The molecule has 2 bridgehead atoms. The third kappa shape index (κ3) is 4.13. The van der Waals surface area contributed by atoms with E-state index in [4.69, 9.17) is 0 Å². The van der Waals surface area contributed by atoms with Gasteiger partial charge < -0.3 is 15.3 Å². The molecular formula is C24H29FN2O4S. The van der Waals surface area contributed by atoms with Crippen LogP contribution in [0.3, 0.4) is 0 Å². The third-order valence-electron chi connectivity index (χ3n) is 7.37. The van der Waals surface area contributed by atoms with Crippen molar-refractivity contribution in [2.45, 2.75) is 42.5 Å². The number of aromatic hydroxyl groups is 1. The van der Waals surface area contributed by atoms with Crippen molar-refractivity contribution in [1.29, 1.82) is 0 Å². The number of nitrogens with zero attached hydrogens (tertiary/aromatic N) is 1. The Labute approximate surface area is 188 Å². The summed E-state index contributed by atoms with van der Waals surface area (Å²) in [4.78, 5) is 14.7. The fraction of sp³-hybridized carbons (Fsp3) is 0.458. The number of hydrogen-bond donors (Lipinski definition) is 2. The van der Waals surface area contributed by atoms with Crippen molar-refractivity contribution < 1.29 is 22.7 Å². The lowest BCUT2D eigenvalue weighted by Crippen LogP contribution is -2.58. The fourth-order valence-electron chi connectivity index (χ4n) is 5.52. The van der Waals surface area contributed by atoms with Gasteiger partial charge in [-0.15, -0.1) is 0 Å². The second-order valence-corrected chi connectivity index (χ2v) is 11.1. The van der Waals surface area contributed by atoms with Crippen molar-refractivity contribution in [3.8, 4) is 5.75 Å². The van der Waals surface area contributed by atoms with E-state index >= 15 is 0 Å². The molecule has 1 heterocycles. The van der Waals surface area contributed by atoms with Crippen LogP contribution in [0.25, 0.3) is 0 Å². The summed E-state index contributed by atoms with van der Waals surface area (Å²) in [5.74, 6) is -1.21. The van der Waals surface area contributed by atoms with Gasteiger partial charge in [-0.2, -0.15) is 0 Å². The van der Waals surface area contributed by atoms with Crippen molar-refractivity contribution >= 4 is 15.7 Å². The number of sulfone groups is 1. The molecule has 32 heavy (non-hydrogen) atoms. The number of carbonyl (C=O) groups is 1. The SMILES string of the molecule is C[C@H]1[C@H]2Cc3ccc(O)cc3[C@]1(CCNC(=O)CS(=O)(=O)c1ccc(F)cc1)CCN2C. The van der Waals surface area contributed by atoms with Crippen LogP contribution in [0.15, 0.2) is 47.4 Å². The summed E-state index contributed by atoms with van der Waals surface area (Å²) in [6.45, 7) is 3.50. The number of halogens is 1. The first kappa shape index (κ1) is 22.7. The summed E-state index contributed by atoms with van der Waals surface area (Å²) in [5.41, 5.74) is 2.18. The van der Waals surface area contributed by atoms with E-state index in [0.717, 1.165) is 37.1 Å². The van der Waals surface area contributed by atoms with Crippen LogP contribution in [0.2, 0.25) is 0 Å². The summed E-state index contributed by atoms with van der Waals surface area (Å²) in [6, 6.07) is 10.4. The maximum absolute atomic E-state index is 13.1. The molecule has 1 amide bonds. The maximum Gasteiger partial charge on any atom is 0.235 e. The average molecular weight is 461 g/mol. The molecule has 172 valence electrons. The zero-order valence-corrected chi connectivity index (χ0v) is 19.2. The topological polar surface area (TPSA) is 86.7 Å². The van der Waals surface area contributed by atoms with Crippen molar-refractivity contribution in [1.82, 2.24) is 10.2 Å². The van der Waals surface area contributed by atoms with Gasteiger partial charge in [0, 0.05) is 18.0 Å². The Bertz CT molecular complexity index is 1120. The van der Waals surface area contributed by atoms with Gasteiger partial charge in [-0.05, 0) is 86.3 Å². The molecule has 6 nitrogen and oxygen atoms in total. The molecule has 1 aliphatic carbocycles. The lowest BCUT2D eigenvalue weighted by Gasteiger charge is -2.55. The summed E-state index contributed by atoms with van der Waals surface area (Å²) >= 11 is 0. The number of rotatable bonds is 6. The number of phenols is 1. The van der Waals surface area contributed by atoms with Crippen LogP contribution in [-0.2, 0) is 26.5 Å². The minimum absolute atomic E-state index is 0.0730. The molecule has 2 N–H and O–H groups in total. The molecule has 1 fully saturated rings. The van der Waals surface area contributed by atoms with Crippen molar-refractivity contribution in [3.63, 3.8) is 0 Å². The van der Waals surface area contributed by atoms with E-state index in [9.17, 15) is 22.7 Å². The molecule has 0 aromatic heterocycles. The minimum atomic E-state index is -3.84. The number of fused-ring (bicyclic) bond motifs is 4. The molecule has 2 aliphatic rings. The Morgan fingerprint density at radius 2 is 1.97 bits per heavy atom. The van der Waals surface area contributed by atoms with E-state index in [0.29, 0.717) is 24.9 Å². The van der Waals surface area contributed by atoms with Crippen LogP contribution >= 0.6 is 0 Å². The number of benzene rings is 2. The molecule has 1 saturated heterocycles. The van der Waals surface area contributed by atoms with E-state index < -0.39 is 27.3 Å². The first-order chi connectivity index (χ1) is 15.1. The predicted molar refractivity (Wildman–Crippen MR) is 120 cm³/mol. The van der Waals surface area contributed by atoms with Gasteiger partial charge in [-0.1, -0.05) is 13.0 Å².